The van der Waals surface area contributed by atoms with Gasteiger partial charge in [0.2, 0.25) is 0 Å². The van der Waals surface area contributed by atoms with Crippen LogP contribution in [-0.4, -0.2) is 41.0 Å². The van der Waals surface area contributed by atoms with Gasteiger partial charge in [0.05, 0.1) is 5.69 Å². The second kappa shape index (κ2) is 5.91. The number of hydrogen-bond acceptors (Lipinski definition) is 4. The van der Waals surface area contributed by atoms with Gasteiger partial charge in [-0.3, -0.25) is 14.9 Å². The van der Waals surface area contributed by atoms with E-state index in [4.69, 9.17) is 0 Å². The molecule has 1 aliphatic heterocycles. The molecule has 0 saturated carbocycles. The van der Waals surface area contributed by atoms with E-state index in [1.807, 2.05) is 18.3 Å². The average Bonchev–Trinajstić information content (AvgIpc) is 2.50. The molecule has 98 valence electrons. The zero-order valence-corrected chi connectivity index (χ0v) is 10.9. The Balaban J connectivity index is 1.68. The van der Waals surface area contributed by atoms with Crippen LogP contribution in [0.1, 0.15) is 5.56 Å². The van der Waals surface area contributed by atoms with Gasteiger partial charge in [-0.2, -0.15) is 0 Å². The van der Waals surface area contributed by atoms with Crippen LogP contribution in [0.25, 0.3) is 11.3 Å². The summed E-state index contributed by atoms with van der Waals surface area (Å²) >= 11 is 0. The van der Waals surface area contributed by atoms with Crippen molar-refractivity contribution in [1.82, 2.24) is 20.2 Å². The minimum atomic E-state index is 0.991. The van der Waals surface area contributed by atoms with E-state index < -0.39 is 0 Å². The molecule has 0 aliphatic carbocycles. The molecule has 0 aromatic carbocycles. The van der Waals surface area contributed by atoms with E-state index in [-0.39, 0.29) is 0 Å². The zero-order chi connectivity index (χ0) is 12.9. The van der Waals surface area contributed by atoms with Crippen molar-refractivity contribution in [2.75, 3.05) is 26.2 Å². The number of piperazine rings is 1. The normalized spacial score (nSPS) is 16.4. The molecular weight excluding hydrogens is 236 g/mol. The van der Waals surface area contributed by atoms with Crippen LogP contribution >= 0.6 is 0 Å². The quantitative estimate of drug-likeness (QED) is 0.902. The molecule has 0 atom stereocenters. The van der Waals surface area contributed by atoms with Crippen molar-refractivity contribution in [3.05, 3.63) is 48.4 Å². The van der Waals surface area contributed by atoms with Gasteiger partial charge in [0.1, 0.15) is 0 Å². The van der Waals surface area contributed by atoms with Crippen molar-refractivity contribution in [2.24, 2.45) is 0 Å². The van der Waals surface area contributed by atoms with Crippen LogP contribution in [0, 0.1) is 0 Å². The topological polar surface area (TPSA) is 41.0 Å². The van der Waals surface area contributed by atoms with Gasteiger partial charge in [0.15, 0.2) is 0 Å². The van der Waals surface area contributed by atoms with Crippen molar-refractivity contribution in [3.8, 4) is 11.3 Å². The largest absolute Gasteiger partial charge is 0.314 e. The highest BCUT2D eigenvalue weighted by atomic mass is 15.2. The monoisotopic (exact) mass is 254 g/mol. The number of rotatable bonds is 3. The van der Waals surface area contributed by atoms with Crippen molar-refractivity contribution in [1.29, 1.82) is 0 Å². The Bertz CT molecular complexity index is 503. The first-order valence-electron chi connectivity index (χ1n) is 6.70. The smallest absolute Gasteiger partial charge is 0.0703 e. The first-order valence-corrected chi connectivity index (χ1v) is 6.70. The Hall–Kier alpha value is -1.78. The van der Waals surface area contributed by atoms with E-state index in [9.17, 15) is 0 Å². The lowest BCUT2D eigenvalue weighted by molar-refractivity contribution is 0.233. The van der Waals surface area contributed by atoms with Gasteiger partial charge >= 0.3 is 0 Å². The Morgan fingerprint density at radius 2 is 1.84 bits per heavy atom. The summed E-state index contributed by atoms with van der Waals surface area (Å²) < 4.78 is 0. The number of hydrogen-bond donors (Lipinski definition) is 1. The van der Waals surface area contributed by atoms with Crippen molar-refractivity contribution < 1.29 is 0 Å². The van der Waals surface area contributed by atoms with E-state index in [0.717, 1.165) is 44.0 Å². The lowest BCUT2D eigenvalue weighted by atomic mass is 10.1. The van der Waals surface area contributed by atoms with E-state index in [1.165, 1.54) is 5.56 Å². The molecule has 3 heterocycles. The summed E-state index contributed by atoms with van der Waals surface area (Å²) in [5.74, 6) is 0. The van der Waals surface area contributed by atoms with Gasteiger partial charge in [-0.15, -0.1) is 0 Å². The predicted molar refractivity (Wildman–Crippen MR) is 75.6 cm³/mol. The van der Waals surface area contributed by atoms with Gasteiger partial charge in [0.25, 0.3) is 0 Å². The van der Waals surface area contributed by atoms with Crippen molar-refractivity contribution in [2.45, 2.75) is 6.54 Å². The van der Waals surface area contributed by atoms with Gasteiger partial charge < -0.3 is 5.32 Å². The fourth-order valence-corrected chi connectivity index (χ4v) is 2.34. The van der Waals surface area contributed by atoms with Crippen LogP contribution in [0.5, 0.6) is 0 Å². The van der Waals surface area contributed by atoms with Gasteiger partial charge in [-0.25, -0.2) is 0 Å². The minimum absolute atomic E-state index is 0.991. The molecule has 0 bridgehead atoms. The molecule has 1 saturated heterocycles. The molecule has 1 fully saturated rings. The molecule has 0 radical (unpaired) electrons. The molecule has 2 aromatic rings. The summed E-state index contributed by atoms with van der Waals surface area (Å²) in [5.41, 5.74) is 3.40. The fourth-order valence-electron chi connectivity index (χ4n) is 2.34. The molecular formula is C15H18N4. The summed E-state index contributed by atoms with van der Waals surface area (Å²) in [4.78, 5) is 11.0. The molecule has 3 rings (SSSR count). The van der Waals surface area contributed by atoms with E-state index in [0.29, 0.717) is 0 Å². The fraction of sp³-hybridized carbons (Fsp3) is 0.333. The van der Waals surface area contributed by atoms with Gasteiger partial charge in [-0.05, 0) is 23.8 Å². The maximum absolute atomic E-state index is 4.54. The molecule has 1 aliphatic rings. The Morgan fingerprint density at radius 1 is 1.05 bits per heavy atom. The maximum Gasteiger partial charge on any atom is 0.0703 e. The summed E-state index contributed by atoms with van der Waals surface area (Å²) in [6.45, 7) is 5.40. The number of nitrogens with zero attached hydrogens (tertiary/aromatic N) is 3. The second-order valence-electron chi connectivity index (χ2n) is 4.81. The third-order valence-electron chi connectivity index (χ3n) is 3.42. The summed E-state index contributed by atoms with van der Waals surface area (Å²) in [5, 5.41) is 3.37. The maximum atomic E-state index is 4.54. The van der Waals surface area contributed by atoms with Crippen LogP contribution in [-0.2, 0) is 6.54 Å². The lowest BCUT2D eigenvalue weighted by Crippen LogP contribution is -2.42. The molecule has 0 spiro atoms. The third-order valence-corrected chi connectivity index (χ3v) is 3.42. The molecule has 4 heteroatoms. The molecule has 4 nitrogen and oxygen atoms in total. The van der Waals surface area contributed by atoms with Gasteiger partial charge in [-0.1, -0.05) is 6.07 Å². The summed E-state index contributed by atoms with van der Waals surface area (Å²) in [6.07, 6.45) is 5.58. The molecule has 1 N–H and O–H groups in total. The van der Waals surface area contributed by atoms with Crippen LogP contribution in [0.4, 0.5) is 0 Å². The molecule has 19 heavy (non-hydrogen) atoms. The van der Waals surface area contributed by atoms with E-state index >= 15 is 0 Å². The Labute approximate surface area is 113 Å². The Morgan fingerprint density at radius 3 is 2.53 bits per heavy atom. The second-order valence-corrected chi connectivity index (χ2v) is 4.81. The third kappa shape index (κ3) is 3.16. The minimum Gasteiger partial charge on any atom is -0.314 e. The molecule has 0 unspecified atom stereocenters. The van der Waals surface area contributed by atoms with Crippen LogP contribution in [0.3, 0.4) is 0 Å². The van der Waals surface area contributed by atoms with Crippen LogP contribution in [0.15, 0.2) is 42.9 Å². The number of nitrogens with one attached hydrogen (secondary N) is 1. The first kappa shape index (κ1) is 12.3. The van der Waals surface area contributed by atoms with Crippen LogP contribution in [0.2, 0.25) is 0 Å². The number of pyridine rings is 2. The molecule has 0 amide bonds. The standard InChI is InChI=1S/C15H18N4/c1-2-15(14-3-5-16-6-4-14)18-11-13(1)12-19-9-7-17-8-10-19/h1-6,11,17H,7-10,12H2. The van der Waals surface area contributed by atoms with Crippen LogP contribution < -0.4 is 5.32 Å². The van der Waals surface area contributed by atoms with E-state index in [1.54, 1.807) is 12.4 Å². The highest BCUT2D eigenvalue weighted by molar-refractivity contribution is 5.57. The summed E-state index contributed by atoms with van der Waals surface area (Å²) in [7, 11) is 0. The average molecular weight is 254 g/mol. The SMILES string of the molecule is c1cc(-c2ccc(CN3CCNCC3)cn2)ccn1. The summed E-state index contributed by atoms with van der Waals surface area (Å²) in [6, 6.07) is 8.23. The Kier molecular flexibility index (Phi) is 3.81. The van der Waals surface area contributed by atoms with Crippen molar-refractivity contribution in [3.63, 3.8) is 0 Å². The molecule has 2 aromatic heterocycles. The lowest BCUT2D eigenvalue weighted by Gasteiger charge is -2.27. The first-order chi connectivity index (χ1) is 9.42. The van der Waals surface area contributed by atoms with Crippen molar-refractivity contribution >= 4 is 0 Å². The van der Waals surface area contributed by atoms with E-state index in [2.05, 4.69) is 32.3 Å². The van der Waals surface area contributed by atoms with Gasteiger partial charge in [0, 0.05) is 56.9 Å². The predicted octanol–water partition coefficient (Wildman–Crippen LogP) is 1.55. The number of aromatic nitrogens is 2. The highest BCUT2D eigenvalue weighted by Crippen LogP contribution is 2.16. The zero-order valence-electron chi connectivity index (χ0n) is 10.9. The highest BCUT2D eigenvalue weighted by Gasteiger charge is 2.10.